The highest BCUT2D eigenvalue weighted by Gasteiger charge is 2.42. The molecule has 0 amide bonds. The Hall–Kier alpha value is -1.47. The summed E-state index contributed by atoms with van der Waals surface area (Å²) in [4.78, 5) is 14.8. The van der Waals surface area contributed by atoms with Gasteiger partial charge in [0, 0.05) is 6.42 Å². The van der Waals surface area contributed by atoms with Crippen molar-refractivity contribution in [1.82, 2.24) is 4.98 Å². The first-order chi connectivity index (χ1) is 9.45. The molecule has 2 atom stereocenters. The van der Waals surface area contributed by atoms with Crippen molar-refractivity contribution in [3.63, 3.8) is 0 Å². The number of carboxylic acid groups (broad SMARTS) is 1. The lowest BCUT2D eigenvalue weighted by Gasteiger charge is -1.99. The maximum Gasteiger partial charge on any atom is 0.303 e. The summed E-state index contributed by atoms with van der Waals surface area (Å²) in [6.07, 6.45) is 0.733. The highest BCUT2D eigenvalue weighted by atomic mass is 32.2. The molecule has 1 saturated carbocycles. The van der Waals surface area contributed by atoms with Crippen molar-refractivity contribution < 1.29 is 18.3 Å². The average molecular weight is 311 g/mol. The smallest absolute Gasteiger partial charge is 0.303 e. The van der Waals surface area contributed by atoms with Gasteiger partial charge in [0.2, 0.25) is 14.2 Å². The molecule has 1 aliphatic carbocycles. The lowest BCUT2D eigenvalue weighted by atomic mass is 10.2. The van der Waals surface area contributed by atoms with Crippen molar-refractivity contribution in [2.24, 2.45) is 11.8 Å². The summed E-state index contributed by atoms with van der Waals surface area (Å²) in [5.74, 6) is -0.903. The zero-order valence-electron chi connectivity index (χ0n) is 10.5. The van der Waals surface area contributed by atoms with Crippen molar-refractivity contribution in [1.29, 1.82) is 0 Å². The summed E-state index contributed by atoms with van der Waals surface area (Å²) >= 11 is 1.17. The van der Waals surface area contributed by atoms with E-state index in [1.807, 2.05) is 18.2 Å². The second-order valence-electron chi connectivity index (χ2n) is 5.08. The molecule has 0 saturated heterocycles. The lowest BCUT2D eigenvalue weighted by Crippen LogP contribution is -2.10. The first-order valence-corrected chi connectivity index (χ1v) is 8.73. The van der Waals surface area contributed by atoms with Crippen LogP contribution in [-0.4, -0.2) is 30.2 Å². The Kier molecular flexibility index (Phi) is 3.25. The van der Waals surface area contributed by atoms with E-state index in [-0.39, 0.29) is 28.3 Å². The van der Waals surface area contributed by atoms with Gasteiger partial charge in [-0.05, 0) is 30.4 Å². The molecule has 20 heavy (non-hydrogen) atoms. The molecule has 2 aromatic rings. The molecule has 0 spiro atoms. The summed E-state index contributed by atoms with van der Waals surface area (Å²) in [6, 6.07) is 7.30. The number of aliphatic carboxylic acids is 1. The van der Waals surface area contributed by atoms with E-state index >= 15 is 0 Å². The van der Waals surface area contributed by atoms with Crippen LogP contribution in [0.4, 0.5) is 0 Å². The monoisotopic (exact) mass is 311 g/mol. The third-order valence-corrected chi connectivity index (χ3v) is 6.81. The van der Waals surface area contributed by atoms with Crippen molar-refractivity contribution in [3.8, 4) is 0 Å². The molecule has 5 nitrogen and oxygen atoms in total. The SMILES string of the molecule is O=C(O)CC1CC1CS(=O)(=O)c1nc2ccccc2s1. The summed E-state index contributed by atoms with van der Waals surface area (Å²) in [6.45, 7) is 0. The van der Waals surface area contributed by atoms with Gasteiger partial charge in [-0.2, -0.15) is 0 Å². The van der Waals surface area contributed by atoms with Crippen LogP contribution < -0.4 is 0 Å². The molecule has 1 aromatic heterocycles. The number of carboxylic acids is 1. The van der Waals surface area contributed by atoms with Gasteiger partial charge < -0.3 is 5.11 Å². The fourth-order valence-electron chi connectivity index (χ4n) is 2.33. The number of benzene rings is 1. The Balaban J connectivity index is 1.77. The molecule has 0 radical (unpaired) electrons. The molecule has 1 aliphatic rings. The highest BCUT2D eigenvalue weighted by Crippen LogP contribution is 2.43. The molecule has 0 aliphatic heterocycles. The number of para-hydroxylation sites is 1. The van der Waals surface area contributed by atoms with Crippen LogP contribution in [0.5, 0.6) is 0 Å². The molecular formula is C13H13NO4S2. The summed E-state index contributed by atoms with van der Waals surface area (Å²) in [5, 5.41) is 8.69. The van der Waals surface area contributed by atoms with E-state index in [9.17, 15) is 13.2 Å². The van der Waals surface area contributed by atoms with Gasteiger partial charge in [-0.25, -0.2) is 13.4 Å². The van der Waals surface area contributed by atoms with E-state index in [2.05, 4.69) is 4.98 Å². The number of carbonyl (C=O) groups is 1. The molecule has 1 heterocycles. The van der Waals surface area contributed by atoms with Crippen LogP contribution in [0.25, 0.3) is 10.2 Å². The van der Waals surface area contributed by atoms with Crippen LogP contribution in [0.3, 0.4) is 0 Å². The van der Waals surface area contributed by atoms with E-state index in [1.165, 1.54) is 11.3 Å². The van der Waals surface area contributed by atoms with Crippen LogP contribution in [-0.2, 0) is 14.6 Å². The maximum atomic E-state index is 12.3. The Morgan fingerprint density at radius 2 is 2.10 bits per heavy atom. The molecule has 3 rings (SSSR count). The minimum absolute atomic E-state index is 0.00310. The predicted octanol–water partition coefficient (Wildman–Crippen LogP) is 2.18. The molecule has 1 aromatic carbocycles. The van der Waals surface area contributed by atoms with Gasteiger partial charge >= 0.3 is 5.97 Å². The zero-order valence-corrected chi connectivity index (χ0v) is 12.2. The fourth-order valence-corrected chi connectivity index (χ4v) is 5.36. The molecule has 1 N–H and O–H groups in total. The van der Waals surface area contributed by atoms with E-state index in [0.29, 0.717) is 11.9 Å². The summed E-state index contributed by atoms with van der Waals surface area (Å²) < 4.78 is 25.6. The van der Waals surface area contributed by atoms with E-state index in [4.69, 9.17) is 5.11 Å². The second kappa shape index (κ2) is 4.82. The summed E-state index contributed by atoms with van der Waals surface area (Å²) in [7, 11) is -3.41. The van der Waals surface area contributed by atoms with Gasteiger partial charge in [-0.15, -0.1) is 11.3 Å². The quantitative estimate of drug-likeness (QED) is 0.915. The number of hydrogen-bond donors (Lipinski definition) is 1. The fraction of sp³-hybridized carbons (Fsp3) is 0.385. The number of nitrogens with zero attached hydrogens (tertiary/aromatic N) is 1. The number of hydrogen-bond acceptors (Lipinski definition) is 5. The van der Waals surface area contributed by atoms with Crippen LogP contribution in [0.1, 0.15) is 12.8 Å². The van der Waals surface area contributed by atoms with Crippen LogP contribution >= 0.6 is 11.3 Å². The number of fused-ring (bicyclic) bond motifs is 1. The topological polar surface area (TPSA) is 84.3 Å². The number of rotatable bonds is 5. The third-order valence-electron chi connectivity index (χ3n) is 3.48. The minimum Gasteiger partial charge on any atom is -0.481 e. The molecule has 7 heteroatoms. The van der Waals surface area contributed by atoms with Crippen molar-refractivity contribution in [2.75, 3.05) is 5.75 Å². The van der Waals surface area contributed by atoms with Gasteiger partial charge in [-0.3, -0.25) is 4.79 Å². The van der Waals surface area contributed by atoms with Crippen LogP contribution in [0, 0.1) is 11.8 Å². The van der Waals surface area contributed by atoms with Crippen LogP contribution in [0.15, 0.2) is 28.6 Å². The maximum absolute atomic E-state index is 12.3. The Morgan fingerprint density at radius 3 is 2.80 bits per heavy atom. The Morgan fingerprint density at radius 1 is 1.35 bits per heavy atom. The van der Waals surface area contributed by atoms with E-state index in [0.717, 1.165) is 4.70 Å². The lowest BCUT2D eigenvalue weighted by molar-refractivity contribution is -0.137. The van der Waals surface area contributed by atoms with Gasteiger partial charge in [0.1, 0.15) is 0 Å². The number of thiazole rings is 1. The first kappa shape index (κ1) is 13.5. The highest BCUT2D eigenvalue weighted by molar-refractivity contribution is 7.93. The standard InChI is InChI=1S/C13H13NO4S2/c15-12(16)6-8-5-9(8)7-20(17,18)13-14-10-3-1-2-4-11(10)19-13/h1-4,8-9H,5-7H2,(H,15,16). The molecule has 0 bridgehead atoms. The van der Waals surface area contributed by atoms with Gasteiger partial charge in [-0.1, -0.05) is 12.1 Å². The van der Waals surface area contributed by atoms with Crippen molar-refractivity contribution in [2.45, 2.75) is 17.2 Å². The molecule has 2 unspecified atom stereocenters. The van der Waals surface area contributed by atoms with Crippen LogP contribution in [0.2, 0.25) is 0 Å². The predicted molar refractivity (Wildman–Crippen MR) is 75.5 cm³/mol. The normalized spacial score (nSPS) is 22.0. The Bertz CT molecular complexity index is 733. The van der Waals surface area contributed by atoms with E-state index in [1.54, 1.807) is 6.07 Å². The van der Waals surface area contributed by atoms with Crippen molar-refractivity contribution in [3.05, 3.63) is 24.3 Å². The molecule has 1 fully saturated rings. The molecular weight excluding hydrogens is 298 g/mol. The van der Waals surface area contributed by atoms with Gasteiger partial charge in [0.15, 0.2) is 0 Å². The Labute approximate surface area is 120 Å². The average Bonchev–Trinajstić information content (AvgIpc) is 2.92. The number of sulfone groups is 1. The zero-order chi connectivity index (χ0) is 14.3. The van der Waals surface area contributed by atoms with Crippen molar-refractivity contribution >= 4 is 37.4 Å². The minimum atomic E-state index is -3.41. The largest absolute Gasteiger partial charge is 0.481 e. The molecule has 106 valence electrons. The number of aromatic nitrogens is 1. The second-order valence-corrected chi connectivity index (χ2v) is 8.32. The van der Waals surface area contributed by atoms with Gasteiger partial charge in [0.25, 0.3) is 0 Å². The first-order valence-electron chi connectivity index (χ1n) is 6.26. The summed E-state index contributed by atoms with van der Waals surface area (Å²) in [5.41, 5.74) is 0.689. The van der Waals surface area contributed by atoms with Gasteiger partial charge in [0.05, 0.1) is 16.0 Å². The van der Waals surface area contributed by atoms with E-state index < -0.39 is 15.8 Å². The third kappa shape index (κ3) is 2.69.